The summed E-state index contributed by atoms with van der Waals surface area (Å²) >= 11 is 0. The number of morpholine rings is 1. The van der Waals surface area contributed by atoms with E-state index in [4.69, 9.17) is 9.47 Å². The molecule has 1 spiro atoms. The Balaban J connectivity index is 1.90. The van der Waals surface area contributed by atoms with E-state index in [0.717, 1.165) is 11.3 Å². The van der Waals surface area contributed by atoms with E-state index in [1.54, 1.807) is 12.1 Å². The number of hydrogen-bond acceptors (Lipinski definition) is 6. The number of hydrogen-bond donors (Lipinski definition) is 2. The lowest BCUT2D eigenvalue weighted by Crippen LogP contribution is -2.73. The number of carbonyl (C=O) groups is 3. The maximum Gasteiger partial charge on any atom is 0.337 e. The summed E-state index contributed by atoms with van der Waals surface area (Å²) in [5.41, 5.74) is 0.640. The molecule has 0 aromatic heterocycles. The molecule has 3 aliphatic rings. The van der Waals surface area contributed by atoms with Crippen LogP contribution in [0.4, 0.5) is 5.69 Å². The van der Waals surface area contributed by atoms with Crippen LogP contribution in [0.1, 0.15) is 29.8 Å². The Hall–Kier alpha value is -2.87. The van der Waals surface area contributed by atoms with Crippen LogP contribution in [0.15, 0.2) is 30.6 Å². The van der Waals surface area contributed by atoms with E-state index in [2.05, 4.69) is 22.1 Å². The number of nitrogens with zero attached hydrogens (tertiary/aromatic N) is 1. The lowest BCUT2D eigenvalue weighted by molar-refractivity contribution is -0.154. The van der Waals surface area contributed by atoms with Crippen LogP contribution >= 0.6 is 0 Å². The second-order valence-corrected chi connectivity index (χ2v) is 7.62. The summed E-state index contributed by atoms with van der Waals surface area (Å²) in [4.78, 5) is 40.4. The van der Waals surface area contributed by atoms with Gasteiger partial charge in [0.05, 0.1) is 30.9 Å². The average Bonchev–Trinajstić information content (AvgIpc) is 2.64. The number of esters is 1. The predicted molar refractivity (Wildman–Crippen MR) is 100 cm³/mol. The molecule has 28 heavy (non-hydrogen) atoms. The Labute approximate surface area is 162 Å². The monoisotopic (exact) mass is 385 g/mol. The molecule has 0 aliphatic carbocycles. The maximum atomic E-state index is 13.2. The molecule has 2 N–H and O–H groups in total. The van der Waals surface area contributed by atoms with Gasteiger partial charge in [0.2, 0.25) is 11.8 Å². The highest BCUT2D eigenvalue weighted by molar-refractivity contribution is 6.11. The van der Waals surface area contributed by atoms with Gasteiger partial charge >= 0.3 is 5.97 Å². The van der Waals surface area contributed by atoms with E-state index < -0.39 is 29.2 Å². The molecular weight excluding hydrogens is 362 g/mol. The molecule has 0 radical (unpaired) electrons. The van der Waals surface area contributed by atoms with Crippen molar-refractivity contribution < 1.29 is 23.9 Å². The SMILES string of the molecule is C=C1NC(=O)C2(Cc3cc(C(=O)OC)ccc3N3C[C@@H](C)O[C@@H](C)[C@@H]32)C(=O)N1. The number of nitrogens with one attached hydrogen (secondary N) is 2. The second-order valence-electron chi connectivity index (χ2n) is 7.62. The molecule has 3 aliphatic heterocycles. The summed E-state index contributed by atoms with van der Waals surface area (Å²) in [6, 6.07) is 4.78. The molecule has 0 saturated carbocycles. The minimum Gasteiger partial charge on any atom is -0.465 e. The molecule has 3 heterocycles. The van der Waals surface area contributed by atoms with Crippen molar-refractivity contribution in [1.82, 2.24) is 10.6 Å². The fourth-order valence-corrected chi connectivity index (χ4v) is 4.76. The molecule has 2 fully saturated rings. The summed E-state index contributed by atoms with van der Waals surface area (Å²) < 4.78 is 10.8. The van der Waals surface area contributed by atoms with Crippen molar-refractivity contribution in [3.05, 3.63) is 41.7 Å². The molecule has 8 nitrogen and oxygen atoms in total. The number of anilines is 1. The average molecular weight is 385 g/mol. The first-order valence-electron chi connectivity index (χ1n) is 9.23. The third-order valence-electron chi connectivity index (χ3n) is 5.80. The molecule has 2 amide bonds. The van der Waals surface area contributed by atoms with Gasteiger partial charge in [-0.25, -0.2) is 4.79 Å². The zero-order chi connectivity index (χ0) is 20.2. The largest absolute Gasteiger partial charge is 0.465 e. The Kier molecular flexibility index (Phi) is 4.19. The van der Waals surface area contributed by atoms with E-state index in [1.807, 2.05) is 19.9 Å². The van der Waals surface area contributed by atoms with Gasteiger partial charge in [-0.1, -0.05) is 6.58 Å². The summed E-state index contributed by atoms with van der Waals surface area (Å²) in [5.74, 6) is -1.11. The smallest absolute Gasteiger partial charge is 0.337 e. The Morgan fingerprint density at radius 1 is 1.29 bits per heavy atom. The van der Waals surface area contributed by atoms with Crippen molar-refractivity contribution in [1.29, 1.82) is 0 Å². The third kappa shape index (κ3) is 2.51. The fraction of sp³-hybridized carbons (Fsp3) is 0.450. The lowest BCUT2D eigenvalue weighted by atomic mass is 9.66. The van der Waals surface area contributed by atoms with Crippen molar-refractivity contribution >= 4 is 23.5 Å². The number of ether oxygens (including phenoxy) is 2. The highest BCUT2D eigenvalue weighted by Gasteiger charge is 2.62. The van der Waals surface area contributed by atoms with Gasteiger partial charge in [-0.15, -0.1) is 0 Å². The van der Waals surface area contributed by atoms with Gasteiger partial charge in [0.15, 0.2) is 5.41 Å². The number of carbonyl (C=O) groups excluding carboxylic acids is 3. The third-order valence-corrected chi connectivity index (χ3v) is 5.80. The van der Waals surface area contributed by atoms with Crippen LogP contribution in [0.2, 0.25) is 0 Å². The molecule has 8 heteroatoms. The van der Waals surface area contributed by atoms with Crippen molar-refractivity contribution in [2.75, 3.05) is 18.6 Å². The van der Waals surface area contributed by atoms with Crippen molar-refractivity contribution in [3.63, 3.8) is 0 Å². The first-order chi connectivity index (χ1) is 13.3. The molecule has 4 rings (SSSR count). The van der Waals surface area contributed by atoms with Crippen LogP contribution in [0.5, 0.6) is 0 Å². The maximum absolute atomic E-state index is 13.2. The minimum absolute atomic E-state index is 0.0702. The molecular formula is C20H23N3O5. The first kappa shape index (κ1) is 18.5. The van der Waals surface area contributed by atoms with Crippen molar-refractivity contribution in [3.8, 4) is 0 Å². The number of rotatable bonds is 1. The Morgan fingerprint density at radius 2 is 1.96 bits per heavy atom. The van der Waals surface area contributed by atoms with Gasteiger partial charge in [0.25, 0.3) is 0 Å². The molecule has 1 aromatic rings. The molecule has 3 atom stereocenters. The van der Waals surface area contributed by atoms with E-state index in [1.165, 1.54) is 7.11 Å². The molecule has 0 unspecified atom stereocenters. The Morgan fingerprint density at radius 3 is 2.61 bits per heavy atom. The predicted octanol–water partition coefficient (Wildman–Crippen LogP) is 0.715. The summed E-state index contributed by atoms with van der Waals surface area (Å²) in [5, 5.41) is 5.35. The van der Waals surface area contributed by atoms with Gasteiger partial charge in [-0.3, -0.25) is 9.59 Å². The van der Waals surface area contributed by atoms with Crippen LogP contribution in [0, 0.1) is 5.41 Å². The Bertz CT molecular complexity index is 876. The highest BCUT2D eigenvalue weighted by Crippen LogP contribution is 2.47. The molecule has 0 bridgehead atoms. The normalized spacial score (nSPS) is 28.2. The highest BCUT2D eigenvalue weighted by atomic mass is 16.5. The molecule has 148 valence electrons. The van der Waals surface area contributed by atoms with Crippen molar-refractivity contribution in [2.24, 2.45) is 5.41 Å². The number of amides is 2. The van der Waals surface area contributed by atoms with Gasteiger partial charge < -0.3 is 25.0 Å². The standard InChI is InChI=1S/C20H23N3O5/c1-10-9-23-15-6-5-13(17(24)27-4)7-14(15)8-20(16(23)11(2)28-10)18(25)21-12(3)22-19(20)26/h5-7,10-11,16H,3,8-9H2,1-2,4H3,(H,21,25)(H,22,26)/t10-,11+,16-/m1/s1. The van der Waals surface area contributed by atoms with Crippen LogP contribution in [0.3, 0.4) is 0 Å². The van der Waals surface area contributed by atoms with Gasteiger partial charge in [0.1, 0.15) is 5.82 Å². The summed E-state index contributed by atoms with van der Waals surface area (Å²) in [6.45, 7) is 8.02. The molecule has 2 saturated heterocycles. The fourth-order valence-electron chi connectivity index (χ4n) is 4.76. The zero-order valence-corrected chi connectivity index (χ0v) is 16.1. The van der Waals surface area contributed by atoms with E-state index >= 15 is 0 Å². The second kappa shape index (κ2) is 6.34. The van der Waals surface area contributed by atoms with Crippen LogP contribution in [0.25, 0.3) is 0 Å². The van der Waals surface area contributed by atoms with Gasteiger partial charge in [-0.05, 0) is 44.0 Å². The summed E-state index contributed by atoms with van der Waals surface area (Å²) in [7, 11) is 1.32. The number of benzene rings is 1. The zero-order valence-electron chi connectivity index (χ0n) is 16.1. The van der Waals surface area contributed by atoms with Crippen LogP contribution < -0.4 is 15.5 Å². The van der Waals surface area contributed by atoms with E-state index in [9.17, 15) is 14.4 Å². The van der Waals surface area contributed by atoms with E-state index in [0.29, 0.717) is 12.1 Å². The quantitative estimate of drug-likeness (QED) is 0.546. The molecule has 1 aromatic carbocycles. The summed E-state index contributed by atoms with van der Waals surface area (Å²) in [6.07, 6.45) is -0.263. The van der Waals surface area contributed by atoms with E-state index in [-0.39, 0.29) is 24.4 Å². The van der Waals surface area contributed by atoms with Crippen molar-refractivity contribution in [2.45, 2.75) is 38.5 Å². The topological polar surface area (TPSA) is 97.0 Å². The van der Waals surface area contributed by atoms with Crippen LogP contribution in [-0.2, 0) is 25.5 Å². The van der Waals surface area contributed by atoms with Crippen LogP contribution in [-0.4, -0.2) is 49.7 Å². The first-order valence-corrected chi connectivity index (χ1v) is 9.23. The van der Waals surface area contributed by atoms with Gasteiger partial charge in [-0.2, -0.15) is 0 Å². The number of fused-ring (bicyclic) bond motifs is 4. The van der Waals surface area contributed by atoms with Gasteiger partial charge in [0, 0.05) is 12.2 Å². The number of methoxy groups -OCH3 is 1. The minimum atomic E-state index is -1.39. The lowest BCUT2D eigenvalue weighted by Gasteiger charge is -2.55.